The Hall–Kier alpha value is -3.72. The van der Waals surface area contributed by atoms with Crippen molar-refractivity contribution in [3.63, 3.8) is 0 Å². The lowest BCUT2D eigenvalue weighted by atomic mass is 10.0. The van der Waals surface area contributed by atoms with Crippen molar-refractivity contribution in [3.8, 4) is 0 Å². The lowest BCUT2D eigenvalue weighted by molar-refractivity contribution is -0.141. The first-order valence-corrected chi connectivity index (χ1v) is 15.7. The molecule has 0 unspecified atom stereocenters. The van der Waals surface area contributed by atoms with Crippen LogP contribution in [-0.4, -0.2) is 50.5 Å². The van der Waals surface area contributed by atoms with Crippen molar-refractivity contribution in [1.29, 1.82) is 0 Å². The summed E-state index contributed by atoms with van der Waals surface area (Å²) in [6, 6.07) is 21.8. The van der Waals surface area contributed by atoms with E-state index in [4.69, 9.17) is 0 Å². The van der Waals surface area contributed by atoms with Gasteiger partial charge in [0.15, 0.2) is 0 Å². The van der Waals surface area contributed by atoms with Crippen LogP contribution >= 0.6 is 0 Å². The van der Waals surface area contributed by atoms with E-state index in [0.29, 0.717) is 18.7 Å². The minimum atomic E-state index is -3.67. The summed E-state index contributed by atoms with van der Waals surface area (Å²) in [5.41, 5.74) is 3.23. The summed E-state index contributed by atoms with van der Waals surface area (Å²) >= 11 is 0. The molecular weight excluding hydrogens is 541 g/mol. The van der Waals surface area contributed by atoms with Crippen LogP contribution in [0.25, 0.3) is 0 Å². The lowest BCUT2D eigenvalue weighted by Gasteiger charge is -2.32. The number of rotatable bonds is 14. The summed E-state index contributed by atoms with van der Waals surface area (Å²) in [5.74, 6) is -0.707. The molecule has 0 aliphatic carbocycles. The number of nitrogens with zero attached hydrogens (tertiary/aromatic N) is 2. The van der Waals surface area contributed by atoms with Gasteiger partial charge in [0.2, 0.25) is 21.8 Å². The highest BCUT2D eigenvalue weighted by molar-refractivity contribution is 7.92. The van der Waals surface area contributed by atoms with Crippen molar-refractivity contribution in [2.45, 2.75) is 52.6 Å². The fourth-order valence-electron chi connectivity index (χ4n) is 4.48. The smallest absolute Gasteiger partial charge is 0.243 e. The van der Waals surface area contributed by atoms with Gasteiger partial charge in [-0.05, 0) is 54.7 Å². The van der Waals surface area contributed by atoms with Crippen LogP contribution in [-0.2, 0) is 32.6 Å². The van der Waals surface area contributed by atoms with Crippen molar-refractivity contribution in [1.82, 2.24) is 10.2 Å². The van der Waals surface area contributed by atoms with E-state index in [1.165, 1.54) is 28.6 Å². The molecule has 41 heavy (non-hydrogen) atoms. The average molecular weight is 582 g/mol. The van der Waals surface area contributed by atoms with Crippen molar-refractivity contribution in [2.24, 2.45) is 5.92 Å². The summed E-state index contributed by atoms with van der Waals surface area (Å²) in [6.45, 7) is 6.76. The van der Waals surface area contributed by atoms with E-state index in [0.717, 1.165) is 22.9 Å². The zero-order chi connectivity index (χ0) is 30.0. The fraction of sp³-hybridized carbons (Fsp3) is 0.375. The van der Waals surface area contributed by atoms with Crippen LogP contribution in [0.15, 0.2) is 78.9 Å². The Morgan fingerprint density at radius 2 is 1.54 bits per heavy atom. The van der Waals surface area contributed by atoms with Crippen LogP contribution in [0.2, 0.25) is 0 Å². The first-order chi connectivity index (χ1) is 19.4. The molecule has 9 heteroatoms. The third kappa shape index (κ3) is 10.0. The Balaban J connectivity index is 1.87. The number of anilines is 1. The molecule has 0 aromatic heterocycles. The maximum absolute atomic E-state index is 13.8. The minimum absolute atomic E-state index is 0.0296. The van der Waals surface area contributed by atoms with E-state index in [1.54, 1.807) is 4.90 Å². The Labute approximate surface area is 243 Å². The van der Waals surface area contributed by atoms with E-state index in [2.05, 4.69) is 5.32 Å². The molecule has 220 valence electrons. The van der Waals surface area contributed by atoms with E-state index in [1.807, 2.05) is 75.4 Å². The molecule has 1 N–H and O–H groups in total. The van der Waals surface area contributed by atoms with Gasteiger partial charge in [-0.25, -0.2) is 12.8 Å². The number of hydrogen-bond acceptors (Lipinski definition) is 4. The second kappa shape index (κ2) is 14.8. The molecule has 0 radical (unpaired) electrons. The van der Waals surface area contributed by atoms with E-state index >= 15 is 0 Å². The van der Waals surface area contributed by atoms with Crippen LogP contribution in [0.5, 0.6) is 0 Å². The Kier molecular flexibility index (Phi) is 11.5. The largest absolute Gasteiger partial charge is 0.354 e. The van der Waals surface area contributed by atoms with E-state index in [-0.39, 0.29) is 43.7 Å². The van der Waals surface area contributed by atoms with Gasteiger partial charge in [0.05, 0.1) is 11.9 Å². The number of carbonyl (C=O) groups is 2. The topological polar surface area (TPSA) is 86.8 Å². The molecule has 0 spiro atoms. The van der Waals surface area contributed by atoms with Crippen molar-refractivity contribution >= 4 is 27.5 Å². The molecule has 7 nitrogen and oxygen atoms in total. The minimum Gasteiger partial charge on any atom is -0.354 e. The van der Waals surface area contributed by atoms with Gasteiger partial charge in [-0.3, -0.25) is 13.9 Å². The highest BCUT2D eigenvalue weighted by Gasteiger charge is 2.30. The van der Waals surface area contributed by atoms with Crippen molar-refractivity contribution < 1.29 is 22.4 Å². The van der Waals surface area contributed by atoms with Crippen LogP contribution in [0.3, 0.4) is 0 Å². The summed E-state index contributed by atoms with van der Waals surface area (Å²) in [5, 5.41) is 3.00. The second-order valence-electron chi connectivity index (χ2n) is 10.8. The molecule has 3 rings (SSSR count). The van der Waals surface area contributed by atoms with Gasteiger partial charge in [0.25, 0.3) is 0 Å². The summed E-state index contributed by atoms with van der Waals surface area (Å²) in [6.07, 6.45) is 1.67. The van der Waals surface area contributed by atoms with Crippen molar-refractivity contribution in [2.75, 3.05) is 23.7 Å². The summed E-state index contributed by atoms with van der Waals surface area (Å²) in [4.78, 5) is 29.0. The Morgan fingerprint density at radius 1 is 0.902 bits per heavy atom. The van der Waals surface area contributed by atoms with Crippen LogP contribution in [0.1, 0.15) is 43.4 Å². The highest BCUT2D eigenvalue weighted by atomic mass is 32.2. The second-order valence-corrected chi connectivity index (χ2v) is 12.7. The number of sulfonamides is 1. The van der Waals surface area contributed by atoms with Crippen molar-refractivity contribution in [3.05, 3.63) is 101 Å². The van der Waals surface area contributed by atoms with E-state index in [9.17, 15) is 22.4 Å². The van der Waals surface area contributed by atoms with Crippen LogP contribution in [0.4, 0.5) is 10.1 Å². The molecule has 0 saturated carbocycles. The van der Waals surface area contributed by atoms with Crippen LogP contribution < -0.4 is 9.62 Å². The Bertz CT molecular complexity index is 1380. The SMILES string of the molecule is Cc1ccc(CN(C(=O)CCCN(c2ccc(F)cc2)S(C)(=O)=O)[C@@H](Cc2ccccc2)C(=O)NCC(C)C)cc1. The molecular formula is C32H40FN3O4S. The number of amides is 2. The fourth-order valence-corrected chi connectivity index (χ4v) is 5.44. The first kappa shape index (κ1) is 31.8. The molecule has 3 aromatic rings. The predicted molar refractivity (Wildman–Crippen MR) is 161 cm³/mol. The molecule has 0 heterocycles. The van der Waals surface area contributed by atoms with Gasteiger partial charge in [0, 0.05) is 32.5 Å². The number of aryl methyl sites for hydroxylation is 1. The highest BCUT2D eigenvalue weighted by Crippen LogP contribution is 2.21. The zero-order valence-electron chi connectivity index (χ0n) is 24.2. The molecule has 0 saturated heterocycles. The first-order valence-electron chi connectivity index (χ1n) is 13.8. The third-order valence-electron chi connectivity index (χ3n) is 6.70. The third-order valence-corrected chi connectivity index (χ3v) is 7.89. The number of carbonyl (C=O) groups excluding carboxylic acids is 2. The monoisotopic (exact) mass is 581 g/mol. The molecule has 2 amide bonds. The van der Waals surface area contributed by atoms with Gasteiger partial charge in [-0.2, -0.15) is 0 Å². The van der Waals surface area contributed by atoms with Gasteiger partial charge in [0.1, 0.15) is 11.9 Å². The maximum Gasteiger partial charge on any atom is 0.243 e. The van der Waals surface area contributed by atoms with Gasteiger partial charge in [-0.1, -0.05) is 74.0 Å². The molecule has 0 aliphatic heterocycles. The van der Waals surface area contributed by atoms with Gasteiger partial charge >= 0.3 is 0 Å². The normalized spacial score (nSPS) is 12.1. The van der Waals surface area contributed by atoms with E-state index < -0.39 is 21.9 Å². The van der Waals surface area contributed by atoms with Crippen LogP contribution in [0, 0.1) is 18.7 Å². The maximum atomic E-state index is 13.8. The molecule has 3 aromatic carbocycles. The predicted octanol–water partition coefficient (Wildman–Crippen LogP) is 5.09. The number of nitrogens with one attached hydrogen (secondary N) is 1. The zero-order valence-corrected chi connectivity index (χ0v) is 25.0. The quantitative estimate of drug-likeness (QED) is 0.287. The molecule has 1 atom stereocenters. The number of hydrogen-bond donors (Lipinski definition) is 1. The number of halogens is 1. The summed E-state index contributed by atoms with van der Waals surface area (Å²) < 4.78 is 39.6. The lowest BCUT2D eigenvalue weighted by Crippen LogP contribution is -2.51. The molecule has 0 fully saturated rings. The summed E-state index contributed by atoms with van der Waals surface area (Å²) in [7, 11) is -3.67. The standard InChI is InChI=1S/C32H40FN3O4S/c1-24(2)22-34-32(38)30(21-26-9-6-5-7-10-26)35(23-27-14-12-25(3)13-15-27)31(37)11-8-20-36(41(4,39)40)29-18-16-28(33)17-19-29/h5-7,9-10,12-19,24,30H,8,11,20-23H2,1-4H3,(H,34,38)/t30-/m0/s1. The van der Waals surface area contributed by atoms with Gasteiger partial charge in [-0.15, -0.1) is 0 Å². The molecule has 0 bridgehead atoms. The number of benzene rings is 3. The average Bonchev–Trinajstić information content (AvgIpc) is 2.93. The molecule has 0 aliphatic rings. The van der Waals surface area contributed by atoms with Gasteiger partial charge < -0.3 is 10.2 Å². The Morgan fingerprint density at radius 3 is 2.12 bits per heavy atom.